The molecule has 0 fully saturated rings. The molecule has 1 heterocycles. The molecule has 1 aliphatic rings. The summed E-state index contributed by atoms with van der Waals surface area (Å²) in [6.07, 6.45) is 0.793. The van der Waals surface area contributed by atoms with Crippen LogP contribution in [0.4, 0.5) is 5.69 Å². The van der Waals surface area contributed by atoms with Crippen LogP contribution < -0.4 is 10.6 Å². The molecular weight excluding hydrogens is 498 g/mol. The van der Waals surface area contributed by atoms with Crippen LogP contribution in [-0.4, -0.2) is 38.0 Å². The SMILES string of the molecule is CCc1ccccc1NC(=O)CSC1=C(C#N)[C@H](c2ccccc2Cl)C(C(=O)OCCOC)=C(C)N1. The van der Waals surface area contributed by atoms with Gasteiger partial charge >= 0.3 is 5.97 Å². The molecule has 0 bridgehead atoms. The summed E-state index contributed by atoms with van der Waals surface area (Å²) in [6, 6.07) is 16.9. The number of allylic oxidation sites excluding steroid dienone is 2. The zero-order valence-corrected chi connectivity index (χ0v) is 22.0. The fourth-order valence-corrected chi connectivity index (χ4v) is 5.02. The second-order valence-electron chi connectivity index (χ2n) is 7.95. The Hall–Kier alpha value is -3.25. The van der Waals surface area contributed by atoms with E-state index in [1.165, 1.54) is 18.9 Å². The summed E-state index contributed by atoms with van der Waals surface area (Å²) >= 11 is 7.70. The van der Waals surface area contributed by atoms with Gasteiger partial charge in [0.2, 0.25) is 5.91 Å². The monoisotopic (exact) mass is 525 g/mol. The highest BCUT2D eigenvalue weighted by Gasteiger charge is 2.36. The number of carbonyl (C=O) groups excluding carboxylic acids is 2. The number of ether oxygens (including phenoxy) is 2. The molecule has 1 amide bonds. The number of nitrogens with zero attached hydrogens (tertiary/aromatic N) is 1. The van der Waals surface area contributed by atoms with Crippen molar-refractivity contribution in [3.63, 3.8) is 0 Å². The Balaban J connectivity index is 1.90. The van der Waals surface area contributed by atoms with E-state index in [0.717, 1.165) is 17.7 Å². The van der Waals surface area contributed by atoms with Crippen LogP contribution in [0, 0.1) is 11.3 Å². The number of carbonyl (C=O) groups is 2. The van der Waals surface area contributed by atoms with Crippen molar-refractivity contribution in [3.8, 4) is 6.07 Å². The molecule has 1 aliphatic heterocycles. The lowest BCUT2D eigenvalue weighted by atomic mass is 9.82. The van der Waals surface area contributed by atoms with Crippen LogP contribution in [0.25, 0.3) is 0 Å². The number of aryl methyl sites for hydroxylation is 1. The van der Waals surface area contributed by atoms with Crippen LogP contribution in [0.2, 0.25) is 5.02 Å². The molecule has 0 saturated heterocycles. The van der Waals surface area contributed by atoms with E-state index in [-0.39, 0.29) is 24.9 Å². The van der Waals surface area contributed by atoms with E-state index in [1.807, 2.05) is 31.2 Å². The molecular formula is C27H28ClN3O4S. The van der Waals surface area contributed by atoms with Gasteiger partial charge in [-0.15, -0.1) is 0 Å². The summed E-state index contributed by atoms with van der Waals surface area (Å²) in [5, 5.41) is 17.2. The number of hydrogen-bond donors (Lipinski definition) is 2. The Labute approximate surface area is 220 Å². The van der Waals surface area contributed by atoms with Crippen molar-refractivity contribution >= 4 is 40.9 Å². The summed E-state index contributed by atoms with van der Waals surface area (Å²) < 4.78 is 10.4. The predicted octanol–water partition coefficient (Wildman–Crippen LogP) is 5.16. The van der Waals surface area contributed by atoms with Crippen LogP contribution in [-0.2, 0) is 25.5 Å². The molecule has 2 aromatic carbocycles. The first-order chi connectivity index (χ1) is 17.4. The van der Waals surface area contributed by atoms with Crippen LogP contribution in [0.5, 0.6) is 0 Å². The average Bonchev–Trinajstić information content (AvgIpc) is 2.87. The van der Waals surface area contributed by atoms with Crippen molar-refractivity contribution in [2.45, 2.75) is 26.2 Å². The highest BCUT2D eigenvalue weighted by molar-refractivity contribution is 8.03. The highest BCUT2D eigenvalue weighted by atomic mass is 35.5. The molecule has 2 aromatic rings. The number of esters is 1. The van der Waals surface area contributed by atoms with Crippen LogP contribution in [0.3, 0.4) is 0 Å². The van der Waals surface area contributed by atoms with E-state index in [2.05, 4.69) is 16.7 Å². The van der Waals surface area contributed by atoms with Crippen molar-refractivity contribution in [3.05, 3.63) is 86.6 Å². The number of anilines is 1. The van der Waals surface area contributed by atoms with Gasteiger partial charge in [0.25, 0.3) is 0 Å². The third-order valence-corrected chi connectivity index (χ3v) is 6.99. The lowest BCUT2D eigenvalue weighted by Gasteiger charge is -2.29. The van der Waals surface area contributed by atoms with E-state index in [1.54, 1.807) is 31.2 Å². The van der Waals surface area contributed by atoms with Gasteiger partial charge in [-0.2, -0.15) is 5.26 Å². The van der Waals surface area contributed by atoms with Gasteiger partial charge in [-0.25, -0.2) is 4.79 Å². The van der Waals surface area contributed by atoms with Crippen molar-refractivity contribution in [2.24, 2.45) is 0 Å². The fourth-order valence-electron chi connectivity index (χ4n) is 3.89. The zero-order chi connectivity index (χ0) is 26.1. The number of para-hydroxylation sites is 1. The van der Waals surface area contributed by atoms with E-state index in [0.29, 0.717) is 32.5 Å². The Kier molecular flexibility index (Phi) is 10.00. The number of nitriles is 1. The molecule has 3 rings (SSSR count). The number of nitrogens with one attached hydrogen (secondary N) is 2. The number of hydrogen-bond acceptors (Lipinski definition) is 7. The maximum Gasteiger partial charge on any atom is 0.336 e. The summed E-state index contributed by atoms with van der Waals surface area (Å²) in [7, 11) is 1.52. The summed E-state index contributed by atoms with van der Waals surface area (Å²) in [5.41, 5.74) is 3.52. The number of thioether (sulfide) groups is 1. The van der Waals surface area contributed by atoms with Gasteiger partial charge in [-0.1, -0.05) is 66.7 Å². The first kappa shape index (κ1) is 27.3. The molecule has 1 atom stereocenters. The zero-order valence-electron chi connectivity index (χ0n) is 20.4. The van der Waals surface area contributed by atoms with Gasteiger partial charge < -0.3 is 20.1 Å². The fraction of sp³-hybridized carbons (Fsp3) is 0.296. The van der Waals surface area contributed by atoms with Gasteiger partial charge in [-0.3, -0.25) is 4.79 Å². The van der Waals surface area contributed by atoms with Crippen molar-refractivity contribution in [1.29, 1.82) is 5.26 Å². The third kappa shape index (κ3) is 6.49. The molecule has 0 unspecified atom stereocenters. The third-order valence-electron chi connectivity index (χ3n) is 5.62. The Bertz CT molecular complexity index is 1240. The molecule has 36 heavy (non-hydrogen) atoms. The van der Waals surface area contributed by atoms with E-state index in [9.17, 15) is 14.9 Å². The normalized spacial score (nSPS) is 15.2. The van der Waals surface area contributed by atoms with Crippen molar-refractivity contribution in [1.82, 2.24) is 5.32 Å². The van der Waals surface area contributed by atoms with E-state index in [4.69, 9.17) is 21.1 Å². The number of benzene rings is 2. The Morgan fingerprint density at radius 2 is 1.89 bits per heavy atom. The molecule has 2 N–H and O–H groups in total. The number of amides is 1. The number of dihydropyridines is 1. The molecule has 188 valence electrons. The lowest BCUT2D eigenvalue weighted by molar-refractivity contribution is -0.140. The summed E-state index contributed by atoms with van der Waals surface area (Å²) in [6.45, 7) is 4.09. The largest absolute Gasteiger partial charge is 0.460 e. The molecule has 7 nitrogen and oxygen atoms in total. The number of methoxy groups -OCH3 is 1. The maximum atomic E-state index is 13.1. The Morgan fingerprint density at radius 1 is 1.17 bits per heavy atom. The Morgan fingerprint density at radius 3 is 2.58 bits per heavy atom. The van der Waals surface area contributed by atoms with E-state index >= 15 is 0 Å². The van der Waals surface area contributed by atoms with Gasteiger partial charge in [-0.05, 0) is 36.6 Å². The standard InChI is InChI=1S/C27H28ClN3O4S/c1-4-18-9-5-8-12-22(18)31-23(32)16-36-26-20(15-29)25(19-10-6-7-11-21(19)28)24(17(2)30-26)27(33)35-14-13-34-3/h5-12,25,30H,4,13-14,16H2,1-3H3,(H,31,32)/t25-/m0/s1. The molecule has 0 aromatic heterocycles. The molecule has 0 aliphatic carbocycles. The van der Waals surface area contributed by atoms with Gasteiger partial charge in [0.05, 0.1) is 40.5 Å². The van der Waals surface area contributed by atoms with Crippen LogP contribution in [0.1, 0.15) is 30.9 Å². The second kappa shape index (κ2) is 13.2. The minimum atomic E-state index is -0.744. The first-order valence-corrected chi connectivity index (χ1v) is 12.8. The van der Waals surface area contributed by atoms with E-state index < -0.39 is 11.9 Å². The molecule has 0 radical (unpaired) electrons. The minimum absolute atomic E-state index is 0.0711. The van der Waals surface area contributed by atoms with Gasteiger partial charge in [0.1, 0.15) is 6.61 Å². The number of rotatable bonds is 10. The average molecular weight is 526 g/mol. The second-order valence-corrected chi connectivity index (χ2v) is 9.34. The smallest absolute Gasteiger partial charge is 0.336 e. The summed E-state index contributed by atoms with van der Waals surface area (Å²) in [5.74, 6) is -1.44. The quantitative estimate of drug-likeness (QED) is 0.326. The predicted molar refractivity (Wildman–Crippen MR) is 142 cm³/mol. The van der Waals surface area contributed by atoms with Gasteiger partial charge in [0.15, 0.2) is 0 Å². The summed E-state index contributed by atoms with van der Waals surface area (Å²) in [4.78, 5) is 25.8. The van der Waals surface area contributed by atoms with Crippen molar-refractivity contribution in [2.75, 3.05) is 31.4 Å². The minimum Gasteiger partial charge on any atom is -0.460 e. The topological polar surface area (TPSA) is 100 Å². The van der Waals surface area contributed by atoms with Crippen LogP contribution >= 0.6 is 23.4 Å². The lowest BCUT2D eigenvalue weighted by Crippen LogP contribution is -2.30. The molecule has 0 spiro atoms. The number of halogens is 1. The molecule has 9 heteroatoms. The maximum absolute atomic E-state index is 13.1. The first-order valence-electron chi connectivity index (χ1n) is 11.4. The molecule has 0 saturated carbocycles. The highest BCUT2D eigenvalue weighted by Crippen LogP contribution is 2.43. The van der Waals surface area contributed by atoms with Crippen LogP contribution in [0.15, 0.2) is 70.4 Å². The van der Waals surface area contributed by atoms with Gasteiger partial charge in [0, 0.05) is 23.5 Å². The van der Waals surface area contributed by atoms with Crippen molar-refractivity contribution < 1.29 is 19.1 Å².